The third kappa shape index (κ3) is 5.25. The van der Waals surface area contributed by atoms with E-state index in [1.54, 1.807) is 6.07 Å². The first kappa shape index (κ1) is 24.5. The summed E-state index contributed by atoms with van der Waals surface area (Å²) in [6, 6.07) is 9.88. The first-order valence-corrected chi connectivity index (χ1v) is 10.6. The van der Waals surface area contributed by atoms with Crippen LogP contribution in [0.3, 0.4) is 0 Å². The zero-order chi connectivity index (χ0) is 22.9. The van der Waals surface area contributed by atoms with Crippen LogP contribution in [0.5, 0.6) is 0 Å². The lowest BCUT2D eigenvalue weighted by Crippen LogP contribution is -2.32. The number of fused-ring (bicyclic) bond motifs is 1. The number of anilines is 2. The second-order valence-corrected chi connectivity index (χ2v) is 8.35. The van der Waals surface area contributed by atoms with E-state index < -0.39 is 11.9 Å². The molecule has 3 aromatic rings. The van der Waals surface area contributed by atoms with E-state index in [1.165, 1.54) is 18.6 Å². The molecule has 0 spiro atoms. The SMILES string of the molecule is C.C[C@@H](Nc1ncnc2c1CN(c1ccc(Br)cc1C#N)CC2)c1ccc(C(F)(F)F)nc1. The van der Waals surface area contributed by atoms with E-state index in [9.17, 15) is 18.4 Å². The zero-order valence-corrected chi connectivity index (χ0v) is 18.6. The van der Waals surface area contributed by atoms with Crippen molar-refractivity contribution in [2.24, 2.45) is 0 Å². The molecule has 10 heteroatoms. The fourth-order valence-electron chi connectivity index (χ4n) is 3.66. The molecule has 0 amide bonds. The van der Waals surface area contributed by atoms with Crippen molar-refractivity contribution in [3.05, 3.63) is 75.4 Å². The monoisotopic (exact) mass is 518 g/mol. The van der Waals surface area contributed by atoms with Crippen LogP contribution < -0.4 is 10.2 Å². The lowest BCUT2D eigenvalue weighted by molar-refractivity contribution is -0.141. The minimum atomic E-state index is -4.47. The van der Waals surface area contributed by atoms with Crippen LogP contribution in [0.1, 0.15) is 48.5 Å². The molecular weight excluding hydrogens is 497 g/mol. The zero-order valence-electron chi connectivity index (χ0n) is 17.0. The van der Waals surface area contributed by atoms with Crippen LogP contribution in [-0.2, 0) is 19.1 Å². The van der Waals surface area contributed by atoms with Crippen molar-refractivity contribution >= 4 is 27.4 Å². The molecule has 1 N–H and O–H groups in total. The second kappa shape index (κ2) is 9.75. The summed E-state index contributed by atoms with van der Waals surface area (Å²) < 4.78 is 39.2. The second-order valence-electron chi connectivity index (χ2n) is 7.43. The van der Waals surface area contributed by atoms with Crippen molar-refractivity contribution < 1.29 is 13.2 Å². The van der Waals surface area contributed by atoms with Crippen molar-refractivity contribution in [3.63, 3.8) is 0 Å². The highest BCUT2D eigenvalue weighted by Gasteiger charge is 2.32. The Kier molecular flexibility index (Phi) is 7.22. The van der Waals surface area contributed by atoms with Crippen LogP contribution in [0.15, 0.2) is 47.3 Å². The highest BCUT2D eigenvalue weighted by atomic mass is 79.9. The third-order valence-corrected chi connectivity index (χ3v) is 5.85. The fourth-order valence-corrected chi connectivity index (χ4v) is 4.02. The van der Waals surface area contributed by atoms with Gasteiger partial charge in [0.2, 0.25) is 0 Å². The van der Waals surface area contributed by atoms with E-state index in [0.29, 0.717) is 36.5 Å². The lowest BCUT2D eigenvalue weighted by Gasteiger charge is -2.32. The summed E-state index contributed by atoms with van der Waals surface area (Å²) in [5, 5.41) is 12.8. The average molecular weight is 519 g/mol. The van der Waals surface area contributed by atoms with Crippen molar-refractivity contribution in [3.8, 4) is 6.07 Å². The van der Waals surface area contributed by atoms with E-state index in [-0.39, 0.29) is 13.5 Å². The Bertz CT molecular complexity index is 1170. The van der Waals surface area contributed by atoms with Crippen LogP contribution in [0.4, 0.5) is 24.7 Å². The number of rotatable bonds is 4. The van der Waals surface area contributed by atoms with E-state index in [2.05, 4.69) is 47.2 Å². The maximum atomic E-state index is 12.8. The van der Waals surface area contributed by atoms with Crippen LogP contribution >= 0.6 is 15.9 Å². The summed E-state index contributed by atoms with van der Waals surface area (Å²) in [5.74, 6) is 0.614. The summed E-state index contributed by atoms with van der Waals surface area (Å²) in [5.41, 5.74) is 2.89. The Labute approximate surface area is 198 Å². The number of halogens is 4. The smallest absolute Gasteiger partial charge is 0.366 e. The van der Waals surface area contributed by atoms with Gasteiger partial charge < -0.3 is 10.2 Å². The number of aromatic nitrogens is 3. The quantitative estimate of drug-likeness (QED) is 0.463. The number of hydrogen-bond acceptors (Lipinski definition) is 6. The fraction of sp³-hybridized carbons (Fsp3) is 0.304. The van der Waals surface area contributed by atoms with Gasteiger partial charge >= 0.3 is 6.18 Å². The van der Waals surface area contributed by atoms with Crippen molar-refractivity contribution in [2.75, 3.05) is 16.8 Å². The first-order chi connectivity index (χ1) is 15.3. The summed E-state index contributed by atoms with van der Waals surface area (Å²) >= 11 is 3.40. The van der Waals surface area contributed by atoms with Crippen LogP contribution in [0.2, 0.25) is 0 Å². The summed E-state index contributed by atoms with van der Waals surface area (Å²) in [4.78, 5) is 14.4. The van der Waals surface area contributed by atoms with Gasteiger partial charge in [0.05, 0.1) is 23.0 Å². The number of pyridine rings is 1. The highest BCUT2D eigenvalue weighted by Crippen LogP contribution is 2.32. The van der Waals surface area contributed by atoms with Crippen LogP contribution in [0.25, 0.3) is 0 Å². The van der Waals surface area contributed by atoms with Gasteiger partial charge in [-0.2, -0.15) is 18.4 Å². The molecule has 0 fully saturated rings. The molecule has 1 atom stereocenters. The molecule has 0 saturated carbocycles. The molecule has 33 heavy (non-hydrogen) atoms. The predicted molar refractivity (Wildman–Crippen MR) is 124 cm³/mol. The Morgan fingerprint density at radius 2 is 1.97 bits per heavy atom. The highest BCUT2D eigenvalue weighted by molar-refractivity contribution is 9.10. The Morgan fingerprint density at radius 1 is 1.18 bits per heavy atom. The van der Waals surface area contributed by atoms with E-state index in [0.717, 1.165) is 27.5 Å². The summed E-state index contributed by atoms with van der Waals surface area (Å²) in [6.07, 6.45) is -1.08. The predicted octanol–water partition coefficient (Wildman–Crippen LogP) is 5.90. The molecule has 172 valence electrons. The molecule has 4 rings (SSSR count). The lowest BCUT2D eigenvalue weighted by atomic mass is 10.0. The molecule has 3 heterocycles. The van der Waals surface area contributed by atoms with Crippen molar-refractivity contribution in [1.29, 1.82) is 5.26 Å². The maximum Gasteiger partial charge on any atom is 0.433 e. The minimum Gasteiger partial charge on any atom is -0.366 e. The van der Waals surface area contributed by atoms with Crippen molar-refractivity contribution in [2.45, 2.75) is 39.5 Å². The molecule has 1 aromatic carbocycles. The molecule has 0 radical (unpaired) electrons. The molecule has 0 aliphatic carbocycles. The molecular formula is C23H22BrF3N6. The molecule has 0 unspecified atom stereocenters. The van der Waals surface area contributed by atoms with Gasteiger partial charge in [0, 0.05) is 35.7 Å². The average Bonchev–Trinajstić information content (AvgIpc) is 2.78. The third-order valence-electron chi connectivity index (χ3n) is 5.35. The molecule has 0 saturated heterocycles. The minimum absolute atomic E-state index is 0. The first-order valence-electron chi connectivity index (χ1n) is 9.83. The molecule has 1 aliphatic heterocycles. The van der Waals surface area contributed by atoms with Gasteiger partial charge in [-0.25, -0.2) is 9.97 Å². The number of alkyl halides is 3. The maximum absolute atomic E-state index is 12.8. The number of hydrogen-bond donors (Lipinski definition) is 1. The van der Waals surface area contributed by atoms with Gasteiger partial charge in [0.15, 0.2) is 0 Å². The normalized spacial score (nSPS) is 14.0. The van der Waals surface area contributed by atoms with Crippen LogP contribution in [0, 0.1) is 11.3 Å². The molecule has 6 nitrogen and oxygen atoms in total. The number of nitrogens with zero attached hydrogens (tertiary/aromatic N) is 5. The van der Waals surface area contributed by atoms with Gasteiger partial charge in [0.1, 0.15) is 23.9 Å². The largest absolute Gasteiger partial charge is 0.433 e. The summed E-state index contributed by atoms with van der Waals surface area (Å²) in [6.45, 7) is 3.05. The number of nitrogens with one attached hydrogen (secondary N) is 1. The Balaban J connectivity index is 0.00000306. The topological polar surface area (TPSA) is 77.7 Å². The van der Waals surface area contributed by atoms with Gasteiger partial charge in [-0.3, -0.25) is 4.98 Å². The van der Waals surface area contributed by atoms with E-state index >= 15 is 0 Å². The van der Waals surface area contributed by atoms with Gasteiger partial charge in [-0.15, -0.1) is 0 Å². The molecule has 2 aromatic heterocycles. The Morgan fingerprint density at radius 3 is 2.64 bits per heavy atom. The number of nitriles is 1. The molecule has 1 aliphatic rings. The van der Waals surface area contributed by atoms with Crippen molar-refractivity contribution in [1.82, 2.24) is 15.0 Å². The molecule has 0 bridgehead atoms. The standard InChI is InChI=1S/C22H18BrF3N6.CH4/c1-13(14-2-5-20(28-10-14)22(24,25)26)31-21-17-11-32(7-6-18(17)29-12-30-21)19-4-3-16(23)8-15(19)9-27;/h2-5,8,10,12-13H,6-7,11H2,1H3,(H,29,30,31);1H4/t13-;/m1./s1. The van der Waals surface area contributed by atoms with Gasteiger partial charge in [0.25, 0.3) is 0 Å². The van der Waals surface area contributed by atoms with E-state index in [4.69, 9.17) is 0 Å². The van der Waals surface area contributed by atoms with Gasteiger partial charge in [-0.1, -0.05) is 29.4 Å². The summed E-state index contributed by atoms with van der Waals surface area (Å²) in [7, 11) is 0. The number of benzene rings is 1. The Hall–Kier alpha value is -3.19. The van der Waals surface area contributed by atoms with Gasteiger partial charge in [-0.05, 0) is 36.8 Å². The van der Waals surface area contributed by atoms with Crippen LogP contribution in [-0.4, -0.2) is 21.5 Å². The van der Waals surface area contributed by atoms with E-state index in [1.807, 2.05) is 19.1 Å².